The smallest absolute Gasteiger partial charge is 0.224 e. The summed E-state index contributed by atoms with van der Waals surface area (Å²) < 4.78 is 0. The number of benzene rings is 1. The SMILES string of the molecule is O=C(CCCCC1CCCCC1)Nc1cc(NC(=O)CCCCC2CCCCC2)cc(NC(=O)CCCCC2CCCCC2)c1. The molecule has 0 unspecified atom stereocenters. The second-order valence-electron chi connectivity index (χ2n) is 14.7. The molecule has 1 aromatic carbocycles. The van der Waals surface area contributed by atoms with Gasteiger partial charge in [-0.2, -0.15) is 0 Å². The van der Waals surface area contributed by atoms with Gasteiger partial charge in [0, 0.05) is 36.3 Å². The number of hydrogen-bond donors (Lipinski definition) is 3. The predicted octanol–water partition coefficient (Wildman–Crippen LogP) is 10.9. The van der Waals surface area contributed by atoms with Gasteiger partial charge in [0.25, 0.3) is 0 Å². The Morgan fingerprint density at radius 2 is 0.689 bits per heavy atom. The van der Waals surface area contributed by atoms with Crippen molar-refractivity contribution in [2.75, 3.05) is 16.0 Å². The molecule has 3 aliphatic carbocycles. The first-order valence-electron chi connectivity index (χ1n) is 19.1. The van der Waals surface area contributed by atoms with E-state index in [2.05, 4.69) is 16.0 Å². The van der Waals surface area contributed by atoms with E-state index in [4.69, 9.17) is 0 Å². The molecule has 0 radical (unpaired) electrons. The van der Waals surface area contributed by atoms with Gasteiger partial charge < -0.3 is 16.0 Å². The van der Waals surface area contributed by atoms with Gasteiger partial charge in [-0.05, 0) is 55.2 Å². The highest BCUT2D eigenvalue weighted by Crippen LogP contribution is 2.30. The van der Waals surface area contributed by atoms with Gasteiger partial charge in [-0.25, -0.2) is 0 Å². The van der Waals surface area contributed by atoms with Crippen LogP contribution in [-0.4, -0.2) is 17.7 Å². The van der Waals surface area contributed by atoms with Crippen LogP contribution in [0, 0.1) is 17.8 Å². The summed E-state index contributed by atoms with van der Waals surface area (Å²) in [6, 6.07) is 5.46. The molecule has 252 valence electrons. The van der Waals surface area contributed by atoms with Crippen LogP contribution in [0.15, 0.2) is 18.2 Å². The number of rotatable bonds is 18. The Balaban J connectivity index is 1.24. The summed E-state index contributed by atoms with van der Waals surface area (Å²) >= 11 is 0. The van der Waals surface area contributed by atoms with Crippen LogP contribution in [0.2, 0.25) is 0 Å². The molecule has 4 rings (SSSR count). The summed E-state index contributed by atoms with van der Waals surface area (Å²) in [6.07, 6.45) is 31.5. The third-order valence-electron chi connectivity index (χ3n) is 10.8. The van der Waals surface area contributed by atoms with Crippen molar-refractivity contribution < 1.29 is 14.4 Å². The van der Waals surface area contributed by atoms with Crippen molar-refractivity contribution >= 4 is 34.8 Å². The first-order valence-corrected chi connectivity index (χ1v) is 19.1. The second-order valence-corrected chi connectivity index (χ2v) is 14.7. The molecule has 6 heteroatoms. The first kappa shape index (κ1) is 35.5. The first-order chi connectivity index (χ1) is 22.0. The van der Waals surface area contributed by atoms with Gasteiger partial charge in [-0.1, -0.05) is 135 Å². The van der Waals surface area contributed by atoms with Gasteiger partial charge in [0.15, 0.2) is 0 Å². The van der Waals surface area contributed by atoms with E-state index in [0.717, 1.165) is 56.3 Å². The van der Waals surface area contributed by atoms with Gasteiger partial charge in [0.2, 0.25) is 17.7 Å². The zero-order valence-corrected chi connectivity index (χ0v) is 28.3. The Kier molecular flexibility index (Phi) is 16.3. The number of anilines is 3. The minimum absolute atomic E-state index is 0.00942. The number of unbranched alkanes of at least 4 members (excludes halogenated alkanes) is 3. The Hall–Kier alpha value is -2.37. The normalized spacial score (nSPS) is 18.4. The van der Waals surface area contributed by atoms with E-state index in [0.29, 0.717) is 36.3 Å². The van der Waals surface area contributed by atoms with Gasteiger partial charge in [-0.15, -0.1) is 0 Å². The molecule has 3 aliphatic rings. The van der Waals surface area contributed by atoms with Crippen molar-refractivity contribution in [2.45, 2.75) is 173 Å². The molecule has 0 spiro atoms. The van der Waals surface area contributed by atoms with Crippen LogP contribution in [0.1, 0.15) is 173 Å². The molecule has 0 heterocycles. The second kappa shape index (κ2) is 20.7. The number of carbonyl (C=O) groups excluding carboxylic acids is 3. The fourth-order valence-electron chi connectivity index (χ4n) is 8.10. The minimum atomic E-state index is -0.00942. The summed E-state index contributed by atoms with van der Waals surface area (Å²) in [5, 5.41) is 9.13. The van der Waals surface area contributed by atoms with Crippen LogP contribution in [-0.2, 0) is 14.4 Å². The van der Waals surface area contributed by atoms with E-state index in [1.54, 1.807) is 0 Å². The van der Waals surface area contributed by atoms with Gasteiger partial charge in [-0.3, -0.25) is 14.4 Å². The maximum absolute atomic E-state index is 12.9. The number of nitrogens with one attached hydrogen (secondary N) is 3. The van der Waals surface area contributed by atoms with Crippen LogP contribution in [0.3, 0.4) is 0 Å². The fraction of sp³-hybridized carbons (Fsp3) is 0.769. The lowest BCUT2D eigenvalue weighted by atomic mass is 9.85. The third kappa shape index (κ3) is 14.7. The predicted molar refractivity (Wildman–Crippen MR) is 187 cm³/mol. The fourth-order valence-corrected chi connectivity index (χ4v) is 8.10. The lowest BCUT2D eigenvalue weighted by Crippen LogP contribution is -2.16. The molecule has 3 fully saturated rings. The monoisotopic (exact) mass is 621 g/mol. The molecular formula is C39H63N3O3. The molecule has 1 aromatic rings. The van der Waals surface area contributed by atoms with Crippen LogP contribution in [0.5, 0.6) is 0 Å². The molecular weight excluding hydrogens is 558 g/mol. The largest absolute Gasteiger partial charge is 0.326 e. The highest BCUT2D eigenvalue weighted by Gasteiger charge is 2.16. The van der Waals surface area contributed by atoms with Crippen molar-refractivity contribution in [1.82, 2.24) is 0 Å². The van der Waals surface area contributed by atoms with Crippen molar-refractivity contribution in [3.63, 3.8) is 0 Å². The van der Waals surface area contributed by atoms with E-state index in [1.165, 1.54) is 116 Å². The van der Waals surface area contributed by atoms with E-state index in [-0.39, 0.29) is 17.7 Å². The topological polar surface area (TPSA) is 87.3 Å². The molecule has 3 amide bonds. The van der Waals surface area contributed by atoms with Gasteiger partial charge in [0.05, 0.1) is 0 Å². The Morgan fingerprint density at radius 3 is 0.956 bits per heavy atom. The third-order valence-corrected chi connectivity index (χ3v) is 10.8. The maximum atomic E-state index is 12.9. The Labute approximate surface area is 274 Å². The summed E-state index contributed by atoms with van der Waals surface area (Å²) in [4.78, 5) is 38.6. The number of amides is 3. The summed E-state index contributed by atoms with van der Waals surface area (Å²) in [6.45, 7) is 0. The lowest BCUT2D eigenvalue weighted by molar-refractivity contribution is -0.117. The van der Waals surface area contributed by atoms with Gasteiger partial charge >= 0.3 is 0 Å². The minimum Gasteiger partial charge on any atom is -0.326 e. The highest BCUT2D eigenvalue weighted by atomic mass is 16.2. The van der Waals surface area contributed by atoms with Gasteiger partial charge in [0.1, 0.15) is 0 Å². The average Bonchev–Trinajstić information content (AvgIpc) is 3.05. The molecule has 3 N–H and O–H groups in total. The van der Waals surface area contributed by atoms with Crippen LogP contribution >= 0.6 is 0 Å². The molecule has 0 aliphatic heterocycles. The summed E-state index contributed by atoms with van der Waals surface area (Å²) in [5.74, 6) is 2.49. The Morgan fingerprint density at radius 1 is 0.422 bits per heavy atom. The number of hydrogen-bond acceptors (Lipinski definition) is 3. The molecule has 6 nitrogen and oxygen atoms in total. The van der Waals surface area contributed by atoms with Crippen LogP contribution < -0.4 is 16.0 Å². The molecule has 0 aromatic heterocycles. The zero-order valence-electron chi connectivity index (χ0n) is 28.3. The highest BCUT2D eigenvalue weighted by molar-refractivity contribution is 5.97. The maximum Gasteiger partial charge on any atom is 0.224 e. The molecule has 0 saturated heterocycles. The summed E-state index contributed by atoms with van der Waals surface area (Å²) in [7, 11) is 0. The van der Waals surface area contributed by atoms with E-state index >= 15 is 0 Å². The molecule has 0 bridgehead atoms. The quantitative estimate of drug-likeness (QED) is 0.143. The van der Waals surface area contributed by atoms with Crippen LogP contribution in [0.4, 0.5) is 17.1 Å². The van der Waals surface area contributed by atoms with E-state index in [1.807, 2.05) is 18.2 Å². The van der Waals surface area contributed by atoms with Crippen molar-refractivity contribution in [2.24, 2.45) is 17.8 Å². The molecule has 45 heavy (non-hydrogen) atoms. The summed E-state index contributed by atoms with van der Waals surface area (Å²) in [5.41, 5.74) is 1.86. The van der Waals surface area contributed by atoms with Crippen molar-refractivity contribution in [3.8, 4) is 0 Å². The molecule has 3 saturated carbocycles. The molecule has 0 atom stereocenters. The van der Waals surface area contributed by atoms with Crippen LogP contribution in [0.25, 0.3) is 0 Å². The van der Waals surface area contributed by atoms with E-state index in [9.17, 15) is 14.4 Å². The standard InChI is InChI=1S/C39H63N3O3/c43-37(25-13-10-22-31-16-4-1-5-17-31)40-34-28-35(41-38(44)26-14-11-23-32-18-6-2-7-19-32)30-36(29-34)42-39(45)27-15-12-24-33-20-8-3-9-21-33/h28-33H,1-27H2,(H,40,43)(H,41,44)(H,42,45). The lowest BCUT2D eigenvalue weighted by Gasteiger charge is -2.21. The zero-order chi connectivity index (χ0) is 31.5. The van der Waals surface area contributed by atoms with Crippen molar-refractivity contribution in [3.05, 3.63) is 18.2 Å². The van der Waals surface area contributed by atoms with Crippen molar-refractivity contribution in [1.29, 1.82) is 0 Å². The average molecular weight is 622 g/mol. The van der Waals surface area contributed by atoms with E-state index < -0.39 is 0 Å². The Bertz CT molecular complexity index is 882. The number of carbonyl (C=O) groups is 3.